The number of fused-ring (bicyclic) bond motifs is 1. The zero-order valence-corrected chi connectivity index (χ0v) is 21.8. The Morgan fingerprint density at radius 2 is 1.60 bits per heavy atom. The number of hydrogen-bond acceptors (Lipinski definition) is 6. The van der Waals surface area contributed by atoms with Crippen LogP contribution in [-0.2, 0) is 22.7 Å². The summed E-state index contributed by atoms with van der Waals surface area (Å²) in [5.41, 5.74) is 4.66. The number of benzene rings is 2. The molecule has 2 aromatic rings. The highest BCUT2D eigenvalue weighted by atomic mass is 35.5. The van der Waals surface area contributed by atoms with Gasteiger partial charge in [-0.1, -0.05) is 43.3 Å². The fraction of sp³-hybridized carbons (Fsp3) is 0.423. The Morgan fingerprint density at radius 1 is 0.971 bits per heavy atom. The fourth-order valence-corrected chi connectivity index (χ4v) is 4.04. The topological polar surface area (TPSA) is 85.0 Å². The zero-order chi connectivity index (χ0) is 24.7. The van der Waals surface area contributed by atoms with Crippen LogP contribution in [0.2, 0.25) is 0 Å². The van der Waals surface area contributed by atoms with Gasteiger partial charge in [-0.05, 0) is 43.1 Å². The van der Waals surface area contributed by atoms with E-state index in [-0.39, 0.29) is 43.1 Å². The Labute approximate surface area is 214 Å². The highest BCUT2D eigenvalue weighted by molar-refractivity contribution is 5.99. The molecule has 0 spiro atoms. The van der Waals surface area contributed by atoms with Crippen LogP contribution >= 0.6 is 12.4 Å². The predicted molar refractivity (Wildman–Crippen MR) is 141 cm³/mol. The minimum atomic E-state index is -0.147. The van der Waals surface area contributed by atoms with E-state index in [2.05, 4.69) is 22.8 Å². The van der Waals surface area contributed by atoms with Gasteiger partial charge >= 0.3 is 0 Å². The first-order valence-electron chi connectivity index (χ1n) is 11.7. The van der Waals surface area contributed by atoms with Crippen molar-refractivity contribution in [1.82, 2.24) is 20.7 Å². The molecule has 1 aliphatic heterocycles. The third kappa shape index (κ3) is 7.35. The predicted octanol–water partition coefficient (Wildman–Crippen LogP) is 2.54. The number of nitrogens with zero attached hydrogens (tertiary/aromatic N) is 3. The van der Waals surface area contributed by atoms with Crippen LogP contribution in [0.25, 0.3) is 0 Å². The summed E-state index contributed by atoms with van der Waals surface area (Å²) in [5, 5.41) is 9.87. The molecule has 190 valence electrons. The van der Waals surface area contributed by atoms with Crippen molar-refractivity contribution in [3.8, 4) is 0 Å². The molecule has 0 radical (unpaired) electrons. The minimum absolute atomic E-state index is 0. The van der Waals surface area contributed by atoms with Crippen molar-refractivity contribution in [2.45, 2.75) is 33.9 Å². The average Bonchev–Trinajstić information content (AvgIpc) is 3.26. The van der Waals surface area contributed by atoms with Crippen molar-refractivity contribution >= 4 is 35.7 Å². The van der Waals surface area contributed by atoms with Gasteiger partial charge in [0.15, 0.2) is 5.78 Å². The van der Waals surface area contributed by atoms with Crippen molar-refractivity contribution in [2.75, 3.05) is 44.7 Å². The number of hydrazine groups is 1. The number of nitrogens with one attached hydrogen (secondary N) is 2. The molecule has 35 heavy (non-hydrogen) atoms. The summed E-state index contributed by atoms with van der Waals surface area (Å²) in [7, 11) is 1.76. The maximum Gasteiger partial charge on any atom is 0.250 e. The molecular weight excluding hydrogens is 466 g/mol. The van der Waals surface area contributed by atoms with E-state index in [1.54, 1.807) is 29.1 Å². The van der Waals surface area contributed by atoms with Crippen LogP contribution in [0, 0.1) is 6.92 Å². The number of ketones is 1. The molecule has 2 aromatic carbocycles. The quantitative estimate of drug-likeness (QED) is 0.363. The Kier molecular flexibility index (Phi) is 10.9. The first-order valence-corrected chi connectivity index (χ1v) is 11.7. The summed E-state index contributed by atoms with van der Waals surface area (Å²) in [5.74, 6) is -0.295. The van der Waals surface area contributed by atoms with Gasteiger partial charge in [-0.2, -0.15) is 0 Å². The molecule has 9 heteroatoms. The Hall–Kier alpha value is -2.78. The second kappa shape index (κ2) is 13.3. The number of carbonyl (C=O) groups excluding carboxylic acids is 3. The number of hydrogen-bond donors (Lipinski definition) is 2. The zero-order valence-electron chi connectivity index (χ0n) is 21.0. The second-order valence-corrected chi connectivity index (χ2v) is 8.57. The van der Waals surface area contributed by atoms with Gasteiger partial charge in [0, 0.05) is 44.5 Å². The summed E-state index contributed by atoms with van der Waals surface area (Å²) in [6.07, 6.45) is 0. The van der Waals surface area contributed by atoms with E-state index in [1.807, 2.05) is 37.1 Å². The van der Waals surface area contributed by atoms with E-state index in [1.165, 1.54) is 18.1 Å². The number of carbonyl (C=O) groups is 3. The van der Waals surface area contributed by atoms with E-state index in [0.29, 0.717) is 31.7 Å². The Bertz CT molecular complexity index is 1020. The fourth-order valence-electron chi connectivity index (χ4n) is 4.04. The highest BCUT2D eigenvalue weighted by Crippen LogP contribution is 2.24. The van der Waals surface area contributed by atoms with Gasteiger partial charge in [-0.25, -0.2) is 5.01 Å². The van der Waals surface area contributed by atoms with Gasteiger partial charge in [0.25, 0.3) is 5.91 Å². The maximum atomic E-state index is 13.1. The Balaban J connectivity index is 0.00000432. The Morgan fingerprint density at radius 3 is 2.20 bits per heavy atom. The monoisotopic (exact) mass is 501 g/mol. The molecule has 0 fully saturated rings. The molecule has 2 amide bonds. The van der Waals surface area contributed by atoms with Crippen molar-refractivity contribution < 1.29 is 14.4 Å². The number of anilines is 1. The summed E-state index contributed by atoms with van der Waals surface area (Å²) in [4.78, 5) is 39.4. The van der Waals surface area contributed by atoms with E-state index in [9.17, 15) is 14.4 Å². The standard InChI is InChI=1S/C26H35N5O3.ClH/c1-5-27-12-13-31(24-14-21(20(3)32)11-10-19(24)2)26(34)16-28-15-25(33)29(4)30-17-22-8-6-7-9-23(22)18-30;/h6-11,14,27-28H,5,12-13,15-18H2,1-4H3;1H. The first kappa shape index (κ1) is 28.5. The van der Waals surface area contributed by atoms with Crippen molar-refractivity contribution in [1.29, 1.82) is 0 Å². The maximum absolute atomic E-state index is 13.1. The summed E-state index contributed by atoms with van der Waals surface area (Å²) < 4.78 is 0. The molecule has 0 aliphatic carbocycles. The molecule has 0 unspecified atom stereocenters. The molecule has 1 heterocycles. The normalized spacial score (nSPS) is 12.6. The van der Waals surface area contributed by atoms with Crippen LogP contribution in [-0.4, -0.2) is 67.4 Å². The largest absolute Gasteiger partial charge is 0.315 e. The average molecular weight is 502 g/mol. The molecule has 2 N–H and O–H groups in total. The number of aryl methyl sites for hydroxylation is 1. The lowest BCUT2D eigenvalue weighted by atomic mass is 10.1. The summed E-state index contributed by atoms with van der Waals surface area (Å²) >= 11 is 0. The molecule has 0 saturated heterocycles. The van der Waals surface area contributed by atoms with Crippen LogP contribution < -0.4 is 15.5 Å². The van der Waals surface area contributed by atoms with Crippen molar-refractivity contribution in [2.24, 2.45) is 0 Å². The molecule has 3 rings (SSSR count). The van der Waals surface area contributed by atoms with Crippen LogP contribution in [0.3, 0.4) is 0 Å². The van der Waals surface area contributed by atoms with Gasteiger partial charge in [0.05, 0.1) is 13.1 Å². The summed E-state index contributed by atoms with van der Waals surface area (Å²) in [6, 6.07) is 13.6. The number of likely N-dealkylation sites (N-methyl/N-ethyl adjacent to an activating group) is 2. The lowest BCUT2D eigenvalue weighted by Gasteiger charge is -2.28. The number of rotatable bonds is 11. The van der Waals surface area contributed by atoms with Crippen LogP contribution in [0.4, 0.5) is 5.69 Å². The van der Waals surface area contributed by atoms with Gasteiger partial charge in [-0.15, -0.1) is 12.4 Å². The highest BCUT2D eigenvalue weighted by Gasteiger charge is 2.25. The minimum Gasteiger partial charge on any atom is -0.315 e. The van der Waals surface area contributed by atoms with Crippen molar-refractivity contribution in [3.05, 3.63) is 64.7 Å². The molecule has 8 nitrogen and oxygen atoms in total. The van der Waals surface area contributed by atoms with Crippen molar-refractivity contribution in [3.63, 3.8) is 0 Å². The molecule has 1 aliphatic rings. The van der Waals surface area contributed by atoms with Gasteiger partial charge in [-0.3, -0.25) is 24.7 Å². The molecule has 0 atom stereocenters. The summed E-state index contributed by atoms with van der Waals surface area (Å²) in [6.45, 7) is 8.82. The third-order valence-electron chi connectivity index (χ3n) is 6.13. The number of Topliss-reactive ketones (excluding diaryl/α,β-unsaturated/α-hetero) is 1. The lowest BCUT2D eigenvalue weighted by Crippen LogP contribution is -2.47. The van der Waals surface area contributed by atoms with Gasteiger partial charge < -0.3 is 10.2 Å². The molecular formula is C26H36ClN5O3. The third-order valence-corrected chi connectivity index (χ3v) is 6.13. The first-order chi connectivity index (χ1) is 16.3. The smallest absolute Gasteiger partial charge is 0.250 e. The van der Waals surface area contributed by atoms with Gasteiger partial charge in [0.2, 0.25) is 5.91 Å². The number of amides is 2. The molecule has 0 bridgehead atoms. The van der Waals surface area contributed by atoms with E-state index in [4.69, 9.17) is 0 Å². The van der Waals surface area contributed by atoms with Gasteiger partial charge in [0.1, 0.15) is 0 Å². The van der Waals surface area contributed by atoms with E-state index in [0.717, 1.165) is 17.8 Å². The second-order valence-electron chi connectivity index (χ2n) is 8.57. The lowest BCUT2D eigenvalue weighted by molar-refractivity contribution is -0.145. The van der Waals surface area contributed by atoms with Crippen LogP contribution in [0.5, 0.6) is 0 Å². The number of halogens is 1. The SMILES string of the molecule is CCNCCN(C(=O)CNCC(=O)N(C)N1Cc2ccccc2C1)c1cc(C(C)=O)ccc1C.Cl. The van der Waals surface area contributed by atoms with E-state index < -0.39 is 0 Å². The molecule has 0 aromatic heterocycles. The van der Waals surface area contributed by atoms with Crippen LogP contribution in [0.15, 0.2) is 42.5 Å². The van der Waals surface area contributed by atoms with E-state index >= 15 is 0 Å². The molecule has 0 saturated carbocycles. The van der Waals surface area contributed by atoms with Crippen LogP contribution in [0.1, 0.15) is 40.9 Å².